The Bertz CT molecular complexity index is 1670. The SMILES string of the molecule is CCCNC(=O)[C@H](Cc1ccccc1)N(Cc1ccc(Cl)cc1Cl)C(=O)CN(c1ccc(I)cc1)S(=O)(=O)c1ccccc1. The number of nitrogens with one attached hydrogen (secondary N) is 1. The van der Waals surface area contributed by atoms with Gasteiger partial charge in [-0.25, -0.2) is 8.42 Å². The van der Waals surface area contributed by atoms with Crippen molar-refractivity contribution in [2.45, 2.75) is 37.2 Å². The van der Waals surface area contributed by atoms with E-state index in [1.165, 1.54) is 17.0 Å². The minimum absolute atomic E-state index is 0.0418. The lowest BCUT2D eigenvalue weighted by atomic mass is 10.0. The van der Waals surface area contributed by atoms with E-state index in [4.69, 9.17) is 23.2 Å². The number of anilines is 1. The van der Waals surface area contributed by atoms with E-state index in [1.807, 2.05) is 37.3 Å². The third-order valence-electron chi connectivity index (χ3n) is 6.90. The summed E-state index contributed by atoms with van der Waals surface area (Å²) in [6.45, 7) is 1.77. The summed E-state index contributed by atoms with van der Waals surface area (Å²) < 4.78 is 30.0. The first-order chi connectivity index (χ1) is 21.1. The molecule has 2 amide bonds. The number of nitrogens with zero attached hydrogens (tertiary/aromatic N) is 2. The van der Waals surface area contributed by atoms with Gasteiger partial charge in [0.05, 0.1) is 10.6 Å². The molecule has 0 aliphatic carbocycles. The molecular weight excluding hydrogens is 732 g/mol. The van der Waals surface area contributed by atoms with Gasteiger partial charge in [0, 0.05) is 33.1 Å². The molecular formula is C33H32Cl2IN3O4S. The highest BCUT2D eigenvalue weighted by molar-refractivity contribution is 14.1. The van der Waals surface area contributed by atoms with Crippen LogP contribution in [-0.2, 0) is 32.6 Å². The molecule has 7 nitrogen and oxygen atoms in total. The van der Waals surface area contributed by atoms with Crippen molar-refractivity contribution in [2.24, 2.45) is 0 Å². The van der Waals surface area contributed by atoms with Gasteiger partial charge in [0.2, 0.25) is 11.8 Å². The summed E-state index contributed by atoms with van der Waals surface area (Å²) >= 11 is 14.8. The number of sulfonamides is 1. The summed E-state index contributed by atoms with van der Waals surface area (Å²) in [6.07, 6.45) is 0.916. The zero-order valence-electron chi connectivity index (χ0n) is 24.0. The molecule has 1 N–H and O–H groups in total. The van der Waals surface area contributed by atoms with Crippen molar-refractivity contribution in [3.05, 3.63) is 128 Å². The maximum absolute atomic E-state index is 14.4. The van der Waals surface area contributed by atoms with Crippen LogP contribution >= 0.6 is 45.8 Å². The van der Waals surface area contributed by atoms with Crippen molar-refractivity contribution < 1.29 is 18.0 Å². The Balaban J connectivity index is 1.80. The highest BCUT2D eigenvalue weighted by atomic mass is 127. The number of hydrogen-bond donors (Lipinski definition) is 1. The fourth-order valence-corrected chi connectivity index (χ4v) is 6.87. The fraction of sp³-hybridized carbons (Fsp3) is 0.212. The summed E-state index contributed by atoms with van der Waals surface area (Å²) in [5, 5.41) is 3.68. The molecule has 0 unspecified atom stereocenters. The molecule has 0 aromatic heterocycles. The molecule has 0 bridgehead atoms. The zero-order chi connectivity index (χ0) is 31.7. The molecule has 0 aliphatic heterocycles. The number of rotatable bonds is 13. The zero-order valence-corrected chi connectivity index (χ0v) is 28.5. The van der Waals surface area contributed by atoms with Gasteiger partial charge in [-0.1, -0.05) is 84.7 Å². The van der Waals surface area contributed by atoms with E-state index < -0.39 is 28.5 Å². The summed E-state index contributed by atoms with van der Waals surface area (Å²) in [4.78, 5) is 29.6. The van der Waals surface area contributed by atoms with Crippen molar-refractivity contribution in [3.8, 4) is 0 Å². The van der Waals surface area contributed by atoms with Crippen LogP contribution in [0.3, 0.4) is 0 Å². The molecule has 11 heteroatoms. The van der Waals surface area contributed by atoms with Crippen LogP contribution in [0.1, 0.15) is 24.5 Å². The highest BCUT2D eigenvalue weighted by Crippen LogP contribution is 2.27. The Labute approximate surface area is 282 Å². The van der Waals surface area contributed by atoms with Crippen molar-refractivity contribution in [2.75, 3.05) is 17.4 Å². The minimum atomic E-state index is -4.16. The molecule has 44 heavy (non-hydrogen) atoms. The van der Waals surface area contributed by atoms with Crippen molar-refractivity contribution in [1.29, 1.82) is 0 Å². The molecule has 0 fully saturated rings. The van der Waals surface area contributed by atoms with E-state index in [-0.39, 0.29) is 23.8 Å². The van der Waals surface area contributed by atoms with Crippen molar-refractivity contribution in [3.63, 3.8) is 0 Å². The predicted octanol–water partition coefficient (Wildman–Crippen LogP) is 6.96. The van der Waals surface area contributed by atoms with Gasteiger partial charge in [0.15, 0.2) is 0 Å². The standard InChI is InChI=1S/C33H32Cl2IN3O4S/c1-2-19-37-33(41)31(20-24-9-5-3-6-10-24)38(22-25-13-14-26(34)21-30(25)35)32(40)23-39(28-17-15-27(36)16-18-28)44(42,43)29-11-7-4-8-12-29/h3-18,21,31H,2,19-20,22-23H2,1H3,(H,37,41)/t31-/m0/s1. The summed E-state index contributed by atoms with van der Waals surface area (Å²) in [5.74, 6) is -0.914. The Morgan fingerprint density at radius 3 is 2.14 bits per heavy atom. The van der Waals surface area contributed by atoms with Crippen LogP contribution in [-0.4, -0.2) is 44.3 Å². The van der Waals surface area contributed by atoms with Crippen LogP contribution in [0.25, 0.3) is 0 Å². The first kappa shape index (κ1) is 33.8. The van der Waals surface area contributed by atoms with Gasteiger partial charge in [-0.15, -0.1) is 0 Å². The average Bonchev–Trinajstić information content (AvgIpc) is 3.02. The molecule has 230 valence electrons. The molecule has 0 heterocycles. The van der Waals surface area contributed by atoms with Gasteiger partial charge in [0.1, 0.15) is 12.6 Å². The average molecular weight is 765 g/mol. The Morgan fingerprint density at radius 1 is 0.886 bits per heavy atom. The molecule has 0 saturated heterocycles. The van der Waals surface area contributed by atoms with Crippen LogP contribution in [0.2, 0.25) is 10.0 Å². The molecule has 0 saturated carbocycles. The third-order valence-corrected chi connectivity index (χ3v) is 9.99. The highest BCUT2D eigenvalue weighted by Gasteiger charge is 2.34. The van der Waals surface area contributed by atoms with Gasteiger partial charge in [-0.05, 0) is 88.7 Å². The first-order valence-electron chi connectivity index (χ1n) is 14.0. The van der Waals surface area contributed by atoms with Gasteiger partial charge in [-0.2, -0.15) is 0 Å². The smallest absolute Gasteiger partial charge is 0.264 e. The van der Waals surface area contributed by atoms with Crippen LogP contribution < -0.4 is 9.62 Å². The lowest BCUT2D eigenvalue weighted by Crippen LogP contribution is -2.53. The number of carbonyl (C=O) groups excluding carboxylic acids is 2. The van der Waals surface area contributed by atoms with E-state index >= 15 is 0 Å². The molecule has 0 aliphatic rings. The fourth-order valence-electron chi connectivity index (χ4n) is 4.61. The van der Waals surface area contributed by atoms with Crippen LogP contribution in [0.5, 0.6) is 0 Å². The number of benzene rings is 4. The lowest BCUT2D eigenvalue weighted by Gasteiger charge is -2.34. The lowest BCUT2D eigenvalue weighted by molar-refractivity contribution is -0.140. The minimum Gasteiger partial charge on any atom is -0.354 e. The summed E-state index contributed by atoms with van der Waals surface area (Å²) in [6, 6.07) is 28.2. The summed E-state index contributed by atoms with van der Waals surface area (Å²) in [5.41, 5.74) is 1.73. The number of carbonyl (C=O) groups is 2. The molecule has 0 spiro atoms. The van der Waals surface area contributed by atoms with Gasteiger partial charge in [0.25, 0.3) is 10.0 Å². The second kappa shape index (κ2) is 15.7. The van der Waals surface area contributed by atoms with Gasteiger partial charge >= 0.3 is 0 Å². The third kappa shape index (κ3) is 8.74. The van der Waals surface area contributed by atoms with Crippen LogP contribution in [0.4, 0.5) is 5.69 Å². The second-order valence-corrected chi connectivity index (χ2v) is 14.0. The van der Waals surface area contributed by atoms with E-state index in [9.17, 15) is 18.0 Å². The predicted molar refractivity (Wildman–Crippen MR) is 184 cm³/mol. The Morgan fingerprint density at radius 2 is 1.52 bits per heavy atom. The molecule has 1 atom stereocenters. The van der Waals surface area contributed by atoms with Gasteiger partial charge < -0.3 is 10.2 Å². The van der Waals surface area contributed by atoms with Crippen LogP contribution in [0.15, 0.2) is 108 Å². The first-order valence-corrected chi connectivity index (χ1v) is 17.3. The second-order valence-electron chi connectivity index (χ2n) is 10.1. The molecule has 0 radical (unpaired) electrons. The monoisotopic (exact) mass is 763 g/mol. The number of amides is 2. The van der Waals surface area contributed by atoms with Gasteiger partial charge in [-0.3, -0.25) is 13.9 Å². The maximum Gasteiger partial charge on any atom is 0.264 e. The number of hydrogen-bond acceptors (Lipinski definition) is 4. The number of halogens is 3. The Hall–Kier alpha value is -3.12. The molecule has 4 aromatic carbocycles. The topological polar surface area (TPSA) is 86.8 Å². The van der Waals surface area contributed by atoms with E-state index in [0.717, 1.165) is 13.4 Å². The maximum atomic E-state index is 14.4. The quantitative estimate of drug-likeness (QED) is 0.149. The molecule has 4 aromatic rings. The Kier molecular flexibility index (Phi) is 12.1. The van der Waals surface area contributed by atoms with Crippen molar-refractivity contribution in [1.82, 2.24) is 10.2 Å². The summed E-state index contributed by atoms with van der Waals surface area (Å²) in [7, 11) is -4.16. The van der Waals surface area contributed by atoms with Crippen LogP contribution in [0, 0.1) is 3.57 Å². The normalized spacial score (nSPS) is 11.9. The van der Waals surface area contributed by atoms with Crippen molar-refractivity contribution >= 4 is 73.3 Å². The van der Waals surface area contributed by atoms with E-state index in [1.54, 1.807) is 60.7 Å². The largest absolute Gasteiger partial charge is 0.354 e. The van der Waals surface area contributed by atoms with E-state index in [2.05, 4.69) is 27.9 Å². The molecule has 4 rings (SSSR count). The van der Waals surface area contributed by atoms with E-state index in [0.29, 0.717) is 34.3 Å².